The Hall–Kier alpha value is -3.01. The molecule has 0 aliphatic heterocycles. The number of rotatable bonds is 0. The third-order valence-corrected chi connectivity index (χ3v) is 3.96. The van der Waals surface area contributed by atoms with Crippen LogP contribution in [0.3, 0.4) is 0 Å². The first-order valence-corrected chi connectivity index (χ1v) is 6.80. The fourth-order valence-corrected chi connectivity index (χ4v) is 3.09. The van der Waals surface area contributed by atoms with E-state index < -0.39 is 0 Å². The minimum absolute atomic E-state index is 0.926. The van der Waals surface area contributed by atoms with Crippen LogP contribution >= 0.6 is 0 Å². The first-order valence-electron chi connectivity index (χ1n) is 6.80. The Labute approximate surface area is 119 Å². The minimum atomic E-state index is 0.926. The first-order chi connectivity index (χ1) is 10.4. The molecule has 4 nitrogen and oxygen atoms in total. The molecule has 0 spiro atoms. The molecule has 0 unspecified atom stereocenters. The quantitative estimate of drug-likeness (QED) is 0.404. The number of fused-ring (bicyclic) bond motifs is 8. The molecule has 4 aromatic heterocycles. The molecule has 0 aliphatic rings. The molecule has 0 fully saturated rings. The molecule has 5 rings (SSSR count). The van der Waals surface area contributed by atoms with Crippen molar-refractivity contribution in [1.29, 1.82) is 0 Å². The van der Waals surface area contributed by atoms with E-state index in [2.05, 4.69) is 55.9 Å². The third-order valence-electron chi connectivity index (χ3n) is 3.96. The monoisotopic (exact) mass is 270 g/mol. The van der Waals surface area contributed by atoms with Crippen LogP contribution in [0.25, 0.3) is 38.2 Å². The van der Waals surface area contributed by atoms with E-state index in [9.17, 15) is 0 Å². The lowest BCUT2D eigenvalue weighted by molar-refractivity contribution is 1.19. The van der Waals surface area contributed by atoms with Crippen LogP contribution in [0.4, 0.5) is 0 Å². The van der Waals surface area contributed by atoms with Gasteiger partial charge in [-0.2, -0.15) is 0 Å². The van der Waals surface area contributed by atoms with Gasteiger partial charge in [0.15, 0.2) is 0 Å². The van der Waals surface area contributed by atoms with Crippen LogP contribution in [0.1, 0.15) is 0 Å². The van der Waals surface area contributed by atoms with Gasteiger partial charge in [0.2, 0.25) is 0 Å². The van der Waals surface area contributed by atoms with E-state index >= 15 is 0 Å². The lowest BCUT2D eigenvalue weighted by Gasteiger charge is -2.06. The number of nitrogens with zero attached hydrogens (tertiary/aromatic N) is 4. The Morgan fingerprint density at radius 1 is 0.857 bits per heavy atom. The highest BCUT2D eigenvalue weighted by molar-refractivity contribution is 6.17. The zero-order valence-corrected chi connectivity index (χ0v) is 11.1. The number of aromatic nitrogens is 4. The van der Waals surface area contributed by atoms with Crippen LogP contribution in [-0.2, 0) is 0 Å². The number of benzene rings is 1. The first kappa shape index (κ1) is 10.7. The molecular weight excluding hydrogens is 260 g/mol. The summed E-state index contributed by atoms with van der Waals surface area (Å²) in [5, 5.41) is 4.49. The largest absolute Gasteiger partial charge is 0.299 e. The summed E-state index contributed by atoms with van der Waals surface area (Å²) in [5.74, 6) is 0. The van der Waals surface area contributed by atoms with E-state index in [0.29, 0.717) is 0 Å². The van der Waals surface area contributed by atoms with Gasteiger partial charge in [-0.3, -0.25) is 4.40 Å². The van der Waals surface area contributed by atoms with Crippen molar-refractivity contribution < 1.29 is 0 Å². The van der Waals surface area contributed by atoms with Crippen molar-refractivity contribution in [3.05, 3.63) is 61.3 Å². The Balaban J connectivity index is 2.25. The smallest absolute Gasteiger partial charge is 0.146 e. The maximum atomic E-state index is 4.56. The van der Waals surface area contributed by atoms with Crippen LogP contribution in [0.15, 0.2) is 61.3 Å². The van der Waals surface area contributed by atoms with Crippen molar-refractivity contribution in [1.82, 2.24) is 19.4 Å². The molecule has 0 N–H and O–H groups in total. The van der Waals surface area contributed by atoms with Crippen LogP contribution in [0, 0.1) is 0 Å². The van der Waals surface area contributed by atoms with E-state index in [1.807, 2.05) is 18.5 Å². The molecule has 98 valence electrons. The normalized spacial score (nSPS) is 11.8. The van der Waals surface area contributed by atoms with Gasteiger partial charge in [0, 0.05) is 40.1 Å². The molecule has 4 heterocycles. The molecule has 21 heavy (non-hydrogen) atoms. The second kappa shape index (κ2) is 3.76. The van der Waals surface area contributed by atoms with Gasteiger partial charge < -0.3 is 0 Å². The molecule has 0 amide bonds. The van der Waals surface area contributed by atoms with Gasteiger partial charge >= 0.3 is 0 Å². The summed E-state index contributed by atoms with van der Waals surface area (Å²) in [4.78, 5) is 13.3. The molecule has 0 atom stereocenters. The highest BCUT2D eigenvalue weighted by Crippen LogP contribution is 2.32. The third kappa shape index (κ3) is 1.31. The molecule has 0 radical (unpaired) electrons. The SMILES string of the molecule is c1ccc2c(c1)cn1c3ncccc3c3ncncc3c21. The second-order valence-corrected chi connectivity index (χ2v) is 5.09. The van der Waals surface area contributed by atoms with Gasteiger partial charge in [-0.15, -0.1) is 0 Å². The van der Waals surface area contributed by atoms with Gasteiger partial charge in [-0.05, 0) is 12.1 Å². The van der Waals surface area contributed by atoms with E-state index in [4.69, 9.17) is 0 Å². The van der Waals surface area contributed by atoms with E-state index in [-0.39, 0.29) is 0 Å². The average molecular weight is 270 g/mol. The van der Waals surface area contributed by atoms with Gasteiger partial charge in [0.1, 0.15) is 12.0 Å². The second-order valence-electron chi connectivity index (χ2n) is 5.09. The fourth-order valence-electron chi connectivity index (χ4n) is 3.09. The van der Waals surface area contributed by atoms with Crippen LogP contribution < -0.4 is 0 Å². The topological polar surface area (TPSA) is 43.1 Å². The minimum Gasteiger partial charge on any atom is -0.299 e. The summed E-state index contributed by atoms with van der Waals surface area (Å²) >= 11 is 0. The maximum Gasteiger partial charge on any atom is 0.146 e. The average Bonchev–Trinajstić information content (AvgIpc) is 2.95. The van der Waals surface area contributed by atoms with Crippen molar-refractivity contribution in [2.24, 2.45) is 0 Å². The van der Waals surface area contributed by atoms with Crippen LogP contribution in [0.5, 0.6) is 0 Å². The lowest BCUT2D eigenvalue weighted by Crippen LogP contribution is -1.94. The predicted octanol–water partition coefficient (Wildman–Crippen LogP) is 3.58. The van der Waals surface area contributed by atoms with Crippen LogP contribution in [0.2, 0.25) is 0 Å². The molecule has 4 heteroatoms. The highest BCUT2D eigenvalue weighted by atomic mass is 15.0. The summed E-state index contributed by atoms with van der Waals surface area (Å²) in [7, 11) is 0. The molecule has 0 saturated heterocycles. The number of hydrogen-bond acceptors (Lipinski definition) is 3. The Bertz CT molecular complexity index is 1140. The van der Waals surface area contributed by atoms with Gasteiger partial charge in [0.05, 0.1) is 11.0 Å². The summed E-state index contributed by atoms with van der Waals surface area (Å²) in [6, 6.07) is 12.4. The Kier molecular flexibility index (Phi) is 1.92. The summed E-state index contributed by atoms with van der Waals surface area (Å²) in [6.45, 7) is 0. The van der Waals surface area contributed by atoms with E-state index in [1.54, 1.807) is 6.33 Å². The summed E-state index contributed by atoms with van der Waals surface area (Å²) < 4.78 is 2.14. The molecular formula is C17H10N4. The van der Waals surface area contributed by atoms with E-state index in [0.717, 1.165) is 27.5 Å². The molecule has 0 aliphatic carbocycles. The molecule has 5 aromatic rings. The zero-order valence-electron chi connectivity index (χ0n) is 11.1. The maximum absolute atomic E-state index is 4.56. The molecule has 0 saturated carbocycles. The molecule has 1 aromatic carbocycles. The lowest BCUT2D eigenvalue weighted by atomic mass is 10.1. The van der Waals surface area contributed by atoms with Gasteiger partial charge in [-0.25, -0.2) is 15.0 Å². The Morgan fingerprint density at radius 3 is 2.76 bits per heavy atom. The summed E-state index contributed by atoms with van der Waals surface area (Å²) in [5.41, 5.74) is 2.99. The van der Waals surface area contributed by atoms with Gasteiger partial charge in [-0.1, -0.05) is 24.3 Å². The van der Waals surface area contributed by atoms with Crippen molar-refractivity contribution in [3.63, 3.8) is 0 Å². The van der Waals surface area contributed by atoms with Gasteiger partial charge in [0.25, 0.3) is 0 Å². The van der Waals surface area contributed by atoms with Crippen LogP contribution in [-0.4, -0.2) is 19.4 Å². The standard InChI is InChI=1S/C17H10N4/c1-2-5-12-11(4-1)9-21-16(12)14-8-18-10-20-15(14)13-6-3-7-19-17(13)21/h1-10H. The fraction of sp³-hybridized carbons (Fsp3) is 0. The number of hydrogen-bond donors (Lipinski definition) is 0. The van der Waals surface area contributed by atoms with Crippen molar-refractivity contribution in [3.8, 4) is 0 Å². The highest BCUT2D eigenvalue weighted by Gasteiger charge is 2.13. The predicted molar refractivity (Wildman–Crippen MR) is 83.3 cm³/mol. The molecule has 0 bridgehead atoms. The van der Waals surface area contributed by atoms with E-state index in [1.165, 1.54) is 10.8 Å². The zero-order chi connectivity index (χ0) is 13.8. The van der Waals surface area contributed by atoms with Crippen molar-refractivity contribution in [2.45, 2.75) is 0 Å². The van der Waals surface area contributed by atoms with Crippen molar-refractivity contribution >= 4 is 38.2 Å². The summed E-state index contributed by atoms with van der Waals surface area (Å²) in [6.07, 6.45) is 7.43. The van der Waals surface area contributed by atoms with Crippen molar-refractivity contribution in [2.75, 3.05) is 0 Å². The Morgan fingerprint density at radius 2 is 1.76 bits per heavy atom. The number of pyridine rings is 2.